The van der Waals surface area contributed by atoms with Crippen molar-refractivity contribution in [2.24, 2.45) is 0 Å². The van der Waals surface area contributed by atoms with Crippen LogP contribution in [-0.4, -0.2) is 10.8 Å². The van der Waals surface area contributed by atoms with Crippen LogP contribution in [0.15, 0.2) is 54.4 Å². The number of carbonyl (C=O) groups is 1. The maximum Gasteiger partial charge on any atom is 0.179 e. The first-order valence-electron chi connectivity index (χ1n) is 6.68. The van der Waals surface area contributed by atoms with E-state index in [2.05, 4.69) is 10.3 Å². The number of allylic oxidation sites excluding steroid dienone is 1. The molecule has 0 unspecified atom stereocenters. The van der Waals surface area contributed by atoms with Crippen LogP contribution in [0, 0.1) is 11.3 Å². The third-order valence-corrected chi connectivity index (χ3v) is 3.48. The fraction of sp³-hybridized carbons (Fsp3) is 0.118. The lowest BCUT2D eigenvalue weighted by molar-refractivity contribution is -0.114. The van der Waals surface area contributed by atoms with Gasteiger partial charge in [0.2, 0.25) is 0 Å². The molecule has 0 amide bonds. The van der Waals surface area contributed by atoms with Crippen LogP contribution in [0.25, 0.3) is 5.70 Å². The Morgan fingerprint density at radius 1 is 1.24 bits per heavy atom. The summed E-state index contributed by atoms with van der Waals surface area (Å²) in [7, 11) is 0. The third-order valence-electron chi connectivity index (χ3n) is 3.48. The molecule has 4 heteroatoms. The molecule has 1 aliphatic carbocycles. The molecular formula is C17H13N3O. The van der Waals surface area contributed by atoms with Gasteiger partial charge in [-0.15, -0.1) is 0 Å². The highest BCUT2D eigenvalue weighted by Crippen LogP contribution is 2.27. The van der Waals surface area contributed by atoms with Crippen molar-refractivity contribution in [2.45, 2.75) is 13.0 Å². The number of benzene rings is 1. The van der Waals surface area contributed by atoms with E-state index in [4.69, 9.17) is 0 Å². The number of hydrogen-bond acceptors (Lipinski definition) is 4. The summed E-state index contributed by atoms with van der Waals surface area (Å²) in [6, 6.07) is 13.7. The van der Waals surface area contributed by atoms with E-state index in [1.165, 1.54) is 0 Å². The zero-order chi connectivity index (χ0) is 14.7. The molecule has 102 valence electrons. The second-order valence-corrected chi connectivity index (χ2v) is 4.83. The van der Waals surface area contributed by atoms with E-state index < -0.39 is 0 Å². The number of fused-ring (bicyclic) bond motifs is 1. The van der Waals surface area contributed by atoms with E-state index in [0.717, 1.165) is 16.7 Å². The summed E-state index contributed by atoms with van der Waals surface area (Å²) < 4.78 is 0. The maximum absolute atomic E-state index is 12.1. The Kier molecular flexibility index (Phi) is 3.48. The number of nitrogens with zero attached hydrogens (tertiary/aromatic N) is 2. The Labute approximate surface area is 122 Å². The van der Waals surface area contributed by atoms with Gasteiger partial charge in [-0.25, -0.2) is 0 Å². The normalized spacial score (nSPS) is 13.6. The van der Waals surface area contributed by atoms with E-state index in [0.29, 0.717) is 12.2 Å². The Bertz CT molecular complexity index is 757. The van der Waals surface area contributed by atoms with Gasteiger partial charge in [-0.1, -0.05) is 30.3 Å². The molecule has 1 N–H and O–H groups in total. The molecule has 0 fully saturated rings. The van der Waals surface area contributed by atoms with Crippen LogP contribution in [0.3, 0.4) is 0 Å². The van der Waals surface area contributed by atoms with Gasteiger partial charge in [0.1, 0.15) is 11.6 Å². The summed E-state index contributed by atoms with van der Waals surface area (Å²) in [5.74, 6) is -0.159. The van der Waals surface area contributed by atoms with Gasteiger partial charge in [0.25, 0.3) is 0 Å². The predicted molar refractivity (Wildman–Crippen MR) is 78.8 cm³/mol. The highest BCUT2D eigenvalue weighted by Gasteiger charge is 2.25. The van der Waals surface area contributed by atoms with Crippen molar-refractivity contribution in [2.75, 3.05) is 0 Å². The number of aromatic nitrogens is 1. The molecule has 0 bridgehead atoms. The van der Waals surface area contributed by atoms with Gasteiger partial charge in [-0.2, -0.15) is 5.26 Å². The molecule has 21 heavy (non-hydrogen) atoms. The Morgan fingerprint density at radius 2 is 2.05 bits per heavy atom. The number of rotatable bonds is 3. The summed E-state index contributed by atoms with van der Waals surface area (Å²) >= 11 is 0. The SMILES string of the molecule is N#CC1=C(NCc2ccccc2)c2ccncc2CC1=O. The quantitative estimate of drug-likeness (QED) is 0.932. The van der Waals surface area contributed by atoms with Crippen LogP contribution in [0.2, 0.25) is 0 Å². The highest BCUT2D eigenvalue weighted by atomic mass is 16.1. The lowest BCUT2D eigenvalue weighted by Crippen LogP contribution is -2.23. The van der Waals surface area contributed by atoms with Crippen molar-refractivity contribution in [1.82, 2.24) is 10.3 Å². The van der Waals surface area contributed by atoms with Gasteiger partial charge in [-0.3, -0.25) is 9.78 Å². The van der Waals surface area contributed by atoms with Gasteiger partial charge >= 0.3 is 0 Å². The van der Waals surface area contributed by atoms with Crippen molar-refractivity contribution in [3.8, 4) is 6.07 Å². The smallest absolute Gasteiger partial charge is 0.179 e. The second kappa shape index (κ2) is 5.59. The summed E-state index contributed by atoms with van der Waals surface area (Å²) in [5.41, 5.74) is 3.64. The molecule has 0 radical (unpaired) electrons. The van der Waals surface area contributed by atoms with Crippen LogP contribution < -0.4 is 5.32 Å². The molecule has 4 nitrogen and oxygen atoms in total. The van der Waals surface area contributed by atoms with Crippen molar-refractivity contribution in [1.29, 1.82) is 5.26 Å². The average Bonchev–Trinajstić information content (AvgIpc) is 2.53. The average molecular weight is 275 g/mol. The molecule has 0 atom stereocenters. The second-order valence-electron chi connectivity index (χ2n) is 4.83. The fourth-order valence-electron chi connectivity index (χ4n) is 2.44. The molecule has 0 spiro atoms. The van der Waals surface area contributed by atoms with Gasteiger partial charge in [0.15, 0.2) is 5.78 Å². The largest absolute Gasteiger partial charge is 0.379 e. The molecule has 0 aliphatic heterocycles. The van der Waals surface area contributed by atoms with Gasteiger partial charge in [0, 0.05) is 30.9 Å². The van der Waals surface area contributed by atoms with E-state index in [1.54, 1.807) is 12.4 Å². The molecule has 3 rings (SSSR count). The molecule has 0 saturated carbocycles. The number of ketones is 1. The molecule has 1 aromatic heterocycles. The summed E-state index contributed by atoms with van der Waals surface area (Å²) in [6.07, 6.45) is 3.60. The summed E-state index contributed by atoms with van der Waals surface area (Å²) in [4.78, 5) is 16.1. The standard InChI is InChI=1S/C17H13N3O/c18-9-15-16(21)8-13-11-19-7-6-14(13)17(15)20-10-12-4-2-1-3-5-12/h1-7,11,20H,8,10H2. The highest BCUT2D eigenvalue weighted by molar-refractivity contribution is 6.09. The Morgan fingerprint density at radius 3 is 2.81 bits per heavy atom. The monoisotopic (exact) mass is 275 g/mol. The van der Waals surface area contributed by atoms with E-state index in [9.17, 15) is 10.1 Å². The number of nitrogens with one attached hydrogen (secondary N) is 1. The minimum absolute atomic E-state index is 0.159. The number of nitriles is 1. The first-order chi connectivity index (χ1) is 10.3. The molecule has 0 saturated heterocycles. The summed E-state index contributed by atoms with van der Waals surface area (Å²) in [6.45, 7) is 0.566. The maximum atomic E-state index is 12.1. The molecule has 2 aromatic rings. The fourth-order valence-corrected chi connectivity index (χ4v) is 2.44. The lowest BCUT2D eigenvalue weighted by atomic mass is 9.90. The van der Waals surface area contributed by atoms with Gasteiger partial charge < -0.3 is 5.32 Å². The van der Waals surface area contributed by atoms with Crippen molar-refractivity contribution >= 4 is 11.5 Å². The number of carbonyl (C=O) groups excluding carboxylic acids is 1. The van der Waals surface area contributed by atoms with Crippen LogP contribution in [-0.2, 0) is 17.8 Å². The van der Waals surface area contributed by atoms with Crippen LogP contribution in [0.5, 0.6) is 0 Å². The number of hydrogen-bond donors (Lipinski definition) is 1. The van der Waals surface area contributed by atoms with E-state index in [1.807, 2.05) is 42.5 Å². The number of pyridine rings is 1. The molecular weight excluding hydrogens is 262 g/mol. The minimum atomic E-state index is -0.159. The van der Waals surface area contributed by atoms with Crippen molar-refractivity contribution in [3.05, 3.63) is 71.1 Å². The Hall–Kier alpha value is -2.93. The summed E-state index contributed by atoms with van der Waals surface area (Å²) in [5, 5.41) is 12.5. The van der Waals surface area contributed by atoms with E-state index >= 15 is 0 Å². The Balaban J connectivity index is 1.96. The first kappa shape index (κ1) is 13.1. The number of Topliss-reactive ketones (excluding diaryl/α,β-unsaturated/α-hetero) is 1. The zero-order valence-corrected chi connectivity index (χ0v) is 11.3. The van der Waals surface area contributed by atoms with Gasteiger partial charge in [-0.05, 0) is 17.2 Å². The zero-order valence-electron chi connectivity index (χ0n) is 11.3. The molecule has 1 heterocycles. The topological polar surface area (TPSA) is 65.8 Å². The van der Waals surface area contributed by atoms with Crippen LogP contribution in [0.4, 0.5) is 0 Å². The lowest BCUT2D eigenvalue weighted by Gasteiger charge is -2.20. The molecule has 1 aromatic carbocycles. The van der Waals surface area contributed by atoms with Crippen LogP contribution in [0.1, 0.15) is 16.7 Å². The third kappa shape index (κ3) is 2.54. The molecule has 1 aliphatic rings. The predicted octanol–water partition coefficient (Wildman–Crippen LogP) is 2.23. The van der Waals surface area contributed by atoms with Crippen LogP contribution >= 0.6 is 0 Å². The van der Waals surface area contributed by atoms with E-state index in [-0.39, 0.29) is 17.8 Å². The van der Waals surface area contributed by atoms with Gasteiger partial charge in [0.05, 0.1) is 5.70 Å². The van der Waals surface area contributed by atoms with Crippen molar-refractivity contribution < 1.29 is 4.79 Å². The minimum Gasteiger partial charge on any atom is -0.379 e. The van der Waals surface area contributed by atoms with Crippen molar-refractivity contribution in [3.63, 3.8) is 0 Å². The first-order valence-corrected chi connectivity index (χ1v) is 6.68.